The lowest BCUT2D eigenvalue weighted by atomic mass is 9.92. The summed E-state index contributed by atoms with van der Waals surface area (Å²) in [5.74, 6) is -0.846. The van der Waals surface area contributed by atoms with Crippen LogP contribution >= 0.6 is 11.6 Å². The Kier molecular flexibility index (Phi) is 5.49. The predicted molar refractivity (Wildman–Crippen MR) is 91.6 cm³/mol. The quantitative estimate of drug-likeness (QED) is 0.772. The van der Waals surface area contributed by atoms with E-state index >= 15 is 0 Å². The van der Waals surface area contributed by atoms with Crippen molar-refractivity contribution < 1.29 is 14.4 Å². The zero-order chi connectivity index (χ0) is 17.9. The van der Waals surface area contributed by atoms with E-state index in [-0.39, 0.29) is 18.5 Å². The summed E-state index contributed by atoms with van der Waals surface area (Å²) in [6.07, 6.45) is 1.78. The number of rotatable bonds is 6. The summed E-state index contributed by atoms with van der Waals surface area (Å²) in [5.41, 5.74) is -0.766. The molecule has 130 valence electrons. The van der Waals surface area contributed by atoms with E-state index in [1.165, 1.54) is 0 Å². The SMILES string of the molecule is CCC[C@H](C)NC(=O)CN1C(=O)N[C@@](C)(c2ccccc2Cl)C1=O. The molecule has 0 radical (unpaired) electrons. The van der Waals surface area contributed by atoms with Gasteiger partial charge in [0.15, 0.2) is 0 Å². The second-order valence-corrected chi connectivity index (χ2v) is 6.59. The number of benzene rings is 1. The van der Waals surface area contributed by atoms with Gasteiger partial charge in [-0.15, -0.1) is 0 Å². The Morgan fingerprint density at radius 3 is 2.67 bits per heavy atom. The van der Waals surface area contributed by atoms with E-state index in [0.29, 0.717) is 10.6 Å². The molecule has 1 aromatic rings. The van der Waals surface area contributed by atoms with Crippen molar-refractivity contribution in [3.05, 3.63) is 34.9 Å². The number of hydrogen-bond donors (Lipinski definition) is 2. The van der Waals surface area contributed by atoms with Crippen LogP contribution in [0.2, 0.25) is 5.02 Å². The van der Waals surface area contributed by atoms with Gasteiger partial charge in [-0.1, -0.05) is 43.1 Å². The van der Waals surface area contributed by atoms with E-state index in [2.05, 4.69) is 10.6 Å². The first-order chi connectivity index (χ1) is 11.3. The number of carbonyl (C=O) groups excluding carboxylic acids is 3. The molecule has 0 unspecified atom stereocenters. The fraction of sp³-hybridized carbons (Fsp3) is 0.471. The largest absolute Gasteiger partial charge is 0.352 e. The normalized spacial score (nSPS) is 21.6. The van der Waals surface area contributed by atoms with Crippen molar-refractivity contribution in [2.24, 2.45) is 0 Å². The van der Waals surface area contributed by atoms with Gasteiger partial charge in [0.2, 0.25) is 5.91 Å². The Morgan fingerprint density at radius 1 is 1.38 bits per heavy atom. The van der Waals surface area contributed by atoms with Crippen molar-refractivity contribution in [3.8, 4) is 0 Å². The van der Waals surface area contributed by atoms with Crippen LogP contribution in [0.15, 0.2) is 24.3 Å². The number of nitrogens with one attached hydrogen (secondary N) is 2. The Labute approximate surface area is 146 Å². The molecule has 6 nitrogen and oxygen atoms in total. The van der Waals surface area contributed by atoms with Gasteiger partial charge >= 0.3 is 6.03 Å². The third-order valence-electron chi connectivity index (χ3n) is 4.12. The highest BCUT2D eigenvalue weighted by Gasteiger charge is 2.50. The summed E-state index contributed by atoms with van der Waals surface area (Å²) in [6, 6.07) is 6.24. The molecular formula is C17H22ClN3O3. The molecule has 1 aliphatic heterocycles. The van der Waals surface area contributed by atoms with E-state index < -0.39 is 17.5 Å². The smallest absolute Gasteiger partial charge is 0.325 e. The Bertz CT molecular complexity index is 664. The number of imide groups is 1. The van der Waals surface area contributed by atoms with Gasteiger partial charge in [-0.05, 0) is 26.3 Å². The minimum absolute atomic E-state index is 0.00165. The second kappa shape index (κ2) is 7.21. The van der Waals surface area contributed by atoms with Crippen LogP contribution in [0.4, 0.5) is 4.79 Å². The van der Waals surface area contributed by atoms with E-state index in [1.807, 2.05) is 13.8 Å². The highest BCUT2D eigenvalue weighted by molar-refractivity contribution is 6.32. The minimum atomic E-state index is -1.27. The third-order valence-corrected chi connectivity index (χ3v) is 4.45. The zero-order valence-electron chi connectivity index (χ0n) is 14.1. The summed E-state index contributed by atoms with van der Waals surface area (Å²) in [7, 11) is 0. The van der Waals surface area contributed by atoms with Crippen LogP contribution < -0.4 is 10.6 Å². The fourth-order valence-electron chi connectivity index (χ4n) is 2.86. The number of urea groups is 1. The van der Waals surface area contributed by atoms with Gasteiger partial charge in [-0.25, -0.2) is 4.79 Å². The van der Waals surface area contributed by atoms with Crippen molar-refractivity contribution in [1.82, 2.24) is 15.5 Å². The van der Waals surface area contributed by atoms with Gasteiger partial charge in [0, 0.05) is 16.6 Å². The molecule has 0 aliphatic carbocycles. The molecule has 1 aliphatic rings. The van der Waals surface area contributed by atoms with Crippen molar-refractivity contribution in [2.75, 3.05) is 6.54 Å². The van der Waals surface area contributed by atoms with Crippen molar-refractivity contribution >= 4 is 29.4 Å². The number of halogens is 1. The van der Waals surface area contributed by atoms with Gasteiger partial charge in [-0.3, -0.25) is 14.5 Å². The highest BCUT2D eigenvalue weighted by atomic mass is 35.5. The molecule has 1 aromatic carbocycles. The van der Waals surface area contributed by atoms with Gasteiger partial charge in [0.1, 0.15) is 12.1 Å². The summed E-state index contributed by atoms with van der Waals surface area (Å²) < 4.78 is 0. The molecule has 0 saturated carbocycles. The summed E-state index contributed by atoms with van der Waals surface area (Å²) in [6.45, 7) is 5.20. The van der Waals surface area contributed by atoms with E-state index in [0.717, 1.165) is 17.7 Å². The molecule has 0 aromatic heterocycles. The van der Waals surface area contributed by atoms with Crippen LogP contribution in [0.3, 0.4) is 0 Å². The van der Waals surface area contributed by atoms with Crippen LogP contribution in [0.5, 0.6) is 0 Å². The van der Waals surface area contributed by atoms with Gasteiger partial charge in [-0.2, -0.15) is 0 Å². The molecule has 2 N–H and O–H groups in total. The molecule has 4 amide bonds. The topological polar surface area (TPSA) is 78.5 Å². The van der Waals surface area contributed by atoms with E-state index in [1.54, 1.807) is 31.2 Å². The third kappa shape index (κ3) is 3.53. The molecular weight excluding hydrogens is 330 g/mol. The molecule has 24 heavy (non-hydrogen) atoms. The van der Waals surface area contributed by atoms with Crippen LogP contribution in [-0.2, 0) is 15.1 Å². The molecule has 0 spiro atoms. The van der Waals surface area contributed by atoms with Crippen molar-refractivity contribution in [2.45, 2.75) is 45.2 Å². The predicted octanol–water partition coefficient (Wildman–Crippen LogP) is 2.41. The Hall–Kier alpha value is -2.08. The van der Waals surface area contributed by atoms with Crippen LogP contribution in [-0.4, -0.2) is 35.3 Å². The summed E-state index contributed by atoms with van der Waals surface area (Å²) in [5, 5.41) is 5.82. The fourth-order valence-corrected chi connectivity index (χ4v) is 3.18. The monoisotopic (exact) mass is 351 g/mol. The lowest BCUT2D eigenvalue weighted by Crippen LogP contribution is -2.45. The number of amides is 4. The van der Waals surface area contributed by atoms with Crippen molar-refractivity contribution in [3.63, 3.8) is 0 Å². The molecule has 7 heteroatoms. The Morgan fingerprint density at radius 2 is 2.04 bits per heavy atom. The first-order valence-corrected chi connectivity index (χ1v) is 8.36. The number of nitrogens with zero attached hydrogens (tertiary/aromatic N) is 1. The van der Waals surface area contributed by atoms with Crippen LogP contribution in [0.1, 0.15) is 39.2 Å². The maximum atomic E-state index is 12.7. The van der Waals surface area contributed by atoms with Gasteiger partial charge < -0.3 is 10.6 Å². The molecule has 2 atom stereocenters. The lowest BCUT2D eigenvalue weighted by molar-refractivity contribution is -0.135. The molecule has 1 fully saturated rings. The standard InChI is InChI=1S/C17H22ClN3O3/c1-4-7-11(2)19-14(22)10-21-15(23)17(3,20-16(21)24)12-8-5-6-9-13(12)18/h5-6,8-9,11H,4,7,10H2,1-3H3,(H,19,22)(H,20,24)/t11-,17-/m0/s1. The van der Waals surface area contributed by atoms with E-state index in [4.69, 9.17) is 11.6 Å². The first-order valence-electron chi connectivity index (χ1n) is 7.98. The average molecular weight is 352 g/mol. The zero-order valence-corrected chi connectivity index (χ0v) is 14.8. The average Bonchev–Trinajstić information content (AvgIpc) is 2.72. The first kappa shape index (κ1) is 18.3. The summed E-state index contributed by atoms with van der Waals surface area (Å²) in [4.78, 5) is 38.0. The van der Waals surface area contributed by atoms with Crippen LogP contribution in [0.25, 0.3) is 0 Å². The van der Waals surface area contributed by atoms with Gasteiger partial charge in [0.25, 0.3) is 5.91 Å². The molecule has 1 heterocycles. The number of hydrogen-bond acceptors (Lipinski definition) is 3. The maximum Gasteiger partial charge on any atom is 0.325 e. The molecule has 0 bridgehead atoms. The van der Waals surface area contributed by atoms with E-state index in [9.17, 15) is 14.4 Å². The van der Waals surface area contributed by atoms with Crippen molar-refractivity contribution in [1.29, 1.82) is 0 Å². The molecule has 2 rings (SSSR count). The van der Waals surface area contributed by atoms with Gasteiger partial charge in [0.05, 0.1) is 0 Å². The number of carbonyl (C=O) groups is 3. The Balaban J connectivity index is 2.14. The maximum absolute atomic E-state index is 12.7. The van der Waals surface area contributed by atoms with Crippen LogP contribution in [0, 0.1) is 0 Å². The minimum Gasteiger partial charge on any atom is -0.352 e. The highest BCUT2D eigenvalue weighted by Crippen LogP contribution is 2.33. The summed E-state index contributed by atoms with van der Waals surface area (Å²) >= 11 is 6.16. The lowest BCUT2D eigenvalue weighted by Gasteiger charge is -2.23. The molecule has 1 saturated heterocycles. The second-order valence-electron chi connectivity index (χ2n) is 6.18.